The highest BCUT2D eigenvalue weighted by Crippen LogP contribution is 2.40. The Morgan fingerprint density at radius 2 is 1.43 bits per heavy atom. The van der Waals surface area contributed by atoms with E-state index in [1.807, 2.05) is 0 Å². The maximum atomic E-state index is 14.4. The van der Waals surface area contributed by atoms with Gasteiger partial charge in [0.25, 0.3) is 15.7 Å². The van der Waals surface area contributed by atoms with E-state index in [0.717, 1.165) is 29.8 Å². The molecule has 54 heavy (non-hydrogen) atoms. The van der Waals surface area contributed by atoms with Crippen LogP contribution in [0.3, 0.4) is 0 Å². The number of nitro groups is 1. The fraction of sp³-hybridized carbons (Fsp3) is 0.132. The largest absolute Gasteiger partial charge is 0.352 e. The van der Waals surface area contributed by atoms with E-state index in [4.69, 9.17) is 5.73 Å². The van der Waals surface area contributed by atoms with E-state index in [2.05, 4.69) is 10.0 Å². The number of rotatable bonds is 12. The molecular formula is C38H34ClFN6O7S. The van der Waals surface area contributed by atoms with Crippen molar-refractivity contribution in [1.29, 1.82) is 0 Å². The third kappa shape index (κ3) is 8.55. The summed E-state index contributed by atoms with van der Waals surface area (Å²) in [6.07, 6.45) is -0.517. The monoisotopic (exact) mass is 772 g/mol. The first-order valence-corrected chi connectivity index (χ1v) is 17.8. The number of hydrogen-bond acceptors (Lipinski definition) is 8. The minimum absolute atomic E-state index is 0. The van der Waals surface area contributed by atoms with E-state index in [1.165, 1.54) is 40.1 Å². The van der Waals surface area contributed by atoms with Crippen LogP contribution < -0.4 is 25.6 Å². The number of amides is 3. The molecule has 1 heterocycles. The van der Waals surface area contributed by atoms with Crippen LogP contribution >= 0.6 is 12.4 Å². The van der Waals surface area contributed by atoms with E-state index in [-0.39, 0.29) is 53.9 Å². The normalized spacial score (nSPS) is 14.1. The third-order valence-electron chi connectivity index (χ3n) is 8.65. The van der Waals surface area contributed by atoms with Crippen molar-refractivity contribution in [2.75, 3.05) is 14.5 Å². The number of para-hydroxylation sites is 2. The fourth-order valence-corrected chi connectivity index (χ4v) is 6.93. The molecule has 4 N–H and O–H groups in total. The summed E-state index contributed by atoms with van der Waals surface area (Å²) in [5.74, 6) is -3.89. The highest BCUT2D eigenvalue weighted by atomic mass is 35.5. The van der Waals surface area contributed by atoms with Gasteiger partial charge in [-0.15, -0.1) is 12.4 Å². The maximum absolute atomic E-state index is 14.4. The Kier molecular flexibility index (Phi) is 12.1. The average Bonchev–Trinajstić information content (AvgIpc) is 3.24. The van der Waals surface area contributed by atoms with Crippen LogP contribution in [0.25, 0.3) is 0 Å². The van der Waals surface area contributed by atoms with Crippen molar-refractivity contribution >= 4 is 68.6 Å². The fourth-order valence-electron chi connectivity index (χ4n) is 5.87. The Morgan fingerprint density at radius 3 is 2.06 bits per heavy atom. The average molecular weight is 773 g/mol. The highest BCUT2D eigenvalue weighted by molar-refractivity contribution is 7.92. The van der Waals surface area contributed by atoms with Crippen LogP contribution in [0.2, 0.25) is 0 Å². The zero-order valence-corrected chi connectivity index (χ0v) is 30.1. The first-order chi connectivity index (χ1) is 25.4. The SMILES string of the molecule is Cl.NCc1ccc(N2C(=O)C(CC(=O)NCc3ccccc3F)C(=O)N(Cc3ccc(NS(=O)(=O)c4ccc([N+](=O)[O-])cc4)cc3)c3ccccc32)cc1. The lowest BCUT2D eigenvalue weighted by Crippen LogP contribution is -2.43. The Morgan fingerprint density at radius 1 is 0.815 bits per heavy atom. The summed E-state index contributed by atoms with van der Waals surface area (Å²) in [5.41, 5.74) is 8.63. The molecule has 16 heteroatoms. The van der Waals surface area contributed by atoms with Crippen molar-refractivity contribution in [3.8, 4) is 0 Å². The molecule has 0 bridgehead atoms. The van der Waals surface area contributed by atoms with E-state index in [1.54, 1.807) is 66.7 Å². The van der Waals surface area contributed by atoms with Crippen LogP contribution in [-0.2, 0) is 44.0 Å². The van der Waals surface area contributed by atoms with Gasteiger partial charge in [0, 0.05) is 48.6 Å². The number of carbonyl (C=O) groups is 3. The minimum atomic E-state index is -4.08. The van der Waals surface area contributed by atoms with Gasteiger partial charge in [-0.05, 0) is 65.7 Å². The maximum Gasteiger partial charge on any atom is 0.269 e. The summed E-state index contributed by atoms with van der Waals surface area (Å²) < 4.78 is 42.6. The Bertz CT molecular complexity index is 2290. The molecule has 5 aromatic carbocycles. The summed E-state index contributed by atoms with van der Waals surface area (Å²) in [4.78, 5) is 55.1. The number of nitro benzene ring substituents is 1. The van der Waals surface area contributed by atoms with Gasteiger partial charge in [-0.2, -0.15) is 0 Å². The van der Waals surface area contributed by atoms with Crippen LogP contribution in [0.5, 0.6) is 0 Å². The molecule has 5 aromatic rings. The van der Waals surface area contributed by atoms with Crippen molar-refractivity contribution in [2.24, 2.45) is 11.7 Å². The number of sulfonamides is 1. The lowest BCUT2D eigenvalue weighted by Gasteiger charge is -2.26. The number of nitrogens with zero attached hydrogens (tertiary/aromatic N) is 3. The van der Waals surface area contributed by atoms with Crippen LogP contribution in [-0.4, -0.2) is 31.1 Å². The quantitative estimate of drug-likeness (QED) is 0.0789. The lowest BCUT2D eigenvalue weighted by molar-refractivity contribution is -0.384. The molecule has 0 saturated carbocycles. The second-order valence-electron chi connectivity index (χ2n) is 12.1. The molecule has 0 radical (unpaired) electrons. The molecule has 1 atom stereocenters. The molecule has 1 aliphatic rings. The van der Waals surface area contributed by atoms with Gasteiger partial charge < -0.3 is 16.0 Å². The molecule has 278 valence electrons. The predicted octanol–water partition coefficient (Wildman–Crippen LogP) is 5.95. The van der Waals surface area contributed by atoms with Gasteiger partial charge in [0.05, 0.1) is 27.7 Å². The second kappa shape index (κ2) is 16.7. The smallest absolute Gasteiger partial charge is 0.269 e. The third-order valence-corrected chi connectivity index (χ3v) is 10.1. The number of fused-ring (bicyclic) bond motifs is 1. The highest BCUT2D eigenvalue weighted by Gasteiger charge is 2.42. The molecule has 6 rings (SSSR count). The summed E-state index contributed by atoms with van der Waals surface area (Å²) in [7, 11) is -4.08. The number of nitrogens with one attached hydrogen (secondary N) is 2. The molecule has 1 aliphatic heterocycles. The number of benzene rings is 5. The van der Waals surface area contributed by atoms with Crippen molar-refractivity contribution < 1.29 is 32.1 Å². The van der Waals surface area contributed by atoms with Gasteiger partial charge in [-0.3, -0.25) is 34.1 Å². The Hall–Kier alpha value is -6.16. The first-order valence-electron chi connectivity index (χ1n) is 16.3. The molecule has 0 aliphatic carbocycles. The molecule has 0 spiro atoms. The lowest BCUT2D eigenvalue weighted by atomic mass is 10.0. The molecular weight excluding hydrogens is 739 g/mol. The predicted molar refractivity (Wildman–Crippen MR) is 203 cm³/mol. The van der Waals surface area contributed by atoms with E-state index in [9.17, 15) is 37.3 Å². The molecule has 0 saturated heterocycles. The zero-order valence-electron chi connectivity index (χ0n) is 28.4. The van der Waals surface area contributed by atoms with Crippen LogP contribution in [0.15, 0.2) is 126 Å². The first kappa shape index (κ1) is 39.1. The summed E-state index contributed by atoms with van der Waals surface area (Å²) >= 11 is 0. The molecule has 1 unspecified atom stereocenters. The summed E-state index contributed by atoms with van der Waals surface area (Å²) in [6, 6.07) is 30.4. The number of hydrogen-bond donors (Lipinski definition) is 3. The van der Waals surface area contributed by atoms with Gasteiger partial charge in [-0.1, -0.05) is 54.6 Å². The van der Waals surface area contributed by atoms with Gasteiger partial charge in [0.2, 0.25) is 17.7 Å². The molecule has 0 aromatic heterocycles. The van der Waals surface area contributed by atoms with E-state index >= 15 is 0 Å². The van der Waals surface area contributed by atoms with E-state index < -0.39 is 50.8 Å². The van der Waals surface area contributed by atoms with Gasteiger partial charge in [0.15, 0.2) is 0 Å². The van der Waals surface area contributed by atoms with Crippen molar-refractivity contribution in [2.45, 2.75) is 31.0 Å². The van der Waals surface area contributed by atoms with Crippen LogP contribution in [0, 0.1) is 21.8 Å². The minimum Gasteiger partial charge on any atom is -0.352 e. The Balaban J connectivity index is 0.00000561. The van der Waals surface area contributed by atoms with Crippen molar-refractivity contribution in [1.82, 2.24) is 5.32 Å². The Labute approximate surface area is 316 Å². The summed E-state index contributed by atoms with van der Waals surface area (Å²) in [6.45, 7) is 0.0834. The molecule has 0 fully saturated rings. The standard InChI is InChI=1S/C38H33FN6O7S.ClH/c39-33-6-2-1-5-27(33)23-41-36(46)21-32-37(47)43(34-7-3-4-8-35(34)44(38(32)48)29-15-11-25(22-40)12-16-29)24-26-9-13-28(14-10-26)42-53(51,52)31-19-17-30(18-20-31)45(49)50;/h1-20,32,42H,21-24,40H2,(H,41,46);1H. The number of halogens is 2. The topological polar surface area (TPSA) is 185 Å². The van der Waals surface area contributed by atoms with E-state index in [0.29, 0.717) is 22.6 Å². The summed E-state index contributed by atoms with van der Waals surface area (Å²) in [5, 5.41) is 13.6. The van der Waals surface area contributed by atoms with Gasteiger partial charge in [0.1, 0.15) is 11.7 Å². The molecule has 13 nitrogen and oxygen atoms in total. The second-order valence-corrected chi connectivity index (χ2v) is 13.8. The zero-order chi connectivity index (χ0) is 37.7. The van der Waals surface area contributed by atoms with Crippen LogP contribution in [0.1, 0.15) is 23.1 Å². The van der Waals surface area contributed by atoms with Crippen molar-refractivity contribution in [3.05, 3.63) is 154 Å². The van der Waals surface area contributed by atoms with Crippen LogP contribution in [0.4, 0.5) is 32.8 Å². The number of nitrogens with two attached hydrogens (primary N) is 1. The van der Waals surface area contributed by atoms with Gasteiger partial charge >= 0.3 is 0 Å². The molecule has 3 amide bonds. The number of anilines is 4. The number of non-ortho nitro benzene ring substituents is 1. The van der Waals surface area contributed by atoms with Crippen molar-refractivity contribution in [3.63, 3.8) is 0 Å². The van der Waals surface area contributed by atoms with Gasteiger partial charge in [-0.25, -0.2) is 12.8 Å². The number of carbonyl (C=O) groups excluding carboxylic acids is 3.